The van der Waals surface area contributed by atoms with E-state index in [1.807, 2.05) is 6.92 Å². The maximum atomic E-state index is 10.6. The van der Waals surface area contributed by atoms with Crippen molar-refractivity contribution >= 4 is 10.7 Å². The van der Waals surface area contributed by atoms with Crippen LogP contribution >= 0.6 is 0 Å². The minimum atomic E-state index is -2.18. The third-order valence-corrected chi connectivity index (χ3v) is 3.45. The van der Waals surface area contributed by atoms with E-state index in [-0.39, 0.29) is 4.75 Å². The van der Waals surface area contributed by atoms with Gasteiger partial charge in [0.2, 0.25) is 0 Å². The van der Waals surface area contributed by atoms with Crippen LogP contribution in [0.1, 0.15) is 32.6 Å². The van der Waals surface area contributed by atoms with Gasteiger partial charge in [0.25, 0.3) is 0 Å². The zero-order valence-electron chi connectivity index (χ0n) is 5.59. The molecule has 0 amide bonds. The molecule has 0 N–H and O–H groups in total. The first-order chi connectivity index (χ1) is 4.15. The molecule has 0 radical (unpaired) electrons. The summed E-state index contributed by atoms with van der Waals surface area (Å²) in [6.07, 6.45) is 3.90. The lowest BCUT2D eigenvalue weighted by Crippen LogP contribution is -2.20. The van der Waals surface area contributed by atoms with Crippen LogP contribution in [-0.4, -0.2) is 13.2 Å². The van der Waals surface area contributed by atoms with Gasteiger partial charge in [0.15, 0.2) is 0 Å². The zero-order valence-corrected chi connectivity index (χ0v) is 6.49. The van der Waals surface area contributed by atoms with Crippen molar-refractivity contribution in [1.82, 2.24) is 0 Å². The van der Waals surface area contributed by atoms with E-state index in [1.165, 1.54) is 0 Å². The van der Waals surface area contributed by atoms with Gasteiger partial charge in [0, 0.05) is 0 Å². The van der Waals surface area contributed by atoms with E-state index >= 15 is 0 Å². The highest BCUT2D eigenvalue weighted by Gasteiger charge is 2.31. The SMILES string of the molecule is CC1([SH](=O)=O)CCCC1. The van der Waals surface area contributed by atoms with Gasteiger partial charge < -0.3 is 0 Å². The van der Waals surface area contributed by atoms with Gasteiger partial charge in [-0.1, -0.05) is 12.8 Å². The van der Waals surface area contributed by atoms with Gasteiger partial charge in [0.05, 0.1) is 4.75 Å². The molecule has 0 aromatic rings. The first-order valence-corrected chi connectivity index (χ1v) is 4.47. The van der Waals surface area contributed by atoms with Gasteiger partial charge in [-0.2, -0.15) is 0 Å². The second kappa shape index (κ2) is 2.29. The van der Waals surface area contributed by atoms with Gasteiger partial charge in [-0.25, -0.2) is 8.42 Å². The Morgan fingerprint density at radius 3 is 1.89 bits per heavy atom. The molecule has 0 saturated heterocycles. The lowest BCUT2D eigenvalue weighted by atomic mass is 10.1. The van der Waals surface area contributed by atoms with Gasteiger partial charge in [0.1, 0.15) is 10.7 Å². The van der Waals surface area contributed by atoms with Crippen molar-refractivity contribution in [1.29, 1.82) is 0 Å². The third-order valence-electron chi connectivity index (χ3n) is 2.12. The van der Waals surface area contributed by atoms with Crippen LogP contribution in [-0.2, 0) is 10.7 Å². The Morgan fingerprint density at radius 1 is 1.22 bits per heavy atom. The molecule has 0 atom stereocenters. The summed E-state index contributed by atoms with van der Waals surface area (Å²) >= 11 is 0. The Kier molecular flexibility index (Phi) is 1.80. The largest absolute Gasteiger partial charge is 0.231 e. The standard InChI is InChI=1S/C6H12O2S/c1-6(9(7)8)4-2-3-5-6/h9H,2-5H2,1H3. The molecule has 54 valence electrons. The van der Waals surface area contributed by atoms with E-state index in [1.54, 1.807) is 0 Å². The molecule has 0 aromatic heterocycles. The summed E-state index contributed by atoms with van der Waals surface area (Å²) in [5.41, 5.74) is 0. The molecule has 1 saturated carbocycles. The predicted molar refractivity (Wildman–Crippen MR) is 37.2 cm³/mol. The Hall–Kier alpha value is -0.0500. The van der Waals surface area contributed by atoms with E-state index < -0.39 is 10.7 Å². The van der Waals surface area contributed by atoms with Crippen LogP contribution in [0, 0.1) is 0 Å². The maximum absolute atomic E-state index is 10.6. The lowest BCUT2D eigenvalue weighted by Gasteiger charge is -2.12. The normalized spacial score (nSPS) is 25.1. The van der Waals surface area contributed by atoms with Crippen LogP contribution in [0.25, 0.3) is 0 Å². The van der Waals surface area contributed by atoms with Crippen molar-refractivity contribution in [2.45, 2.75) is 37.4 Å². The molecule has 2 nitrogen and oxygen atoms in total. The van der Waals surface area contributed by atoms with E-state index in [2.05, 4.69) is 0 Å². The molecule has 0 heterocycles. The van der Waals surface area contributed by atoms with Crippen LogP contribution in [0.5, 0.6) is 0 Å². The molecule has 1 aliphatic carbocycles. The molecular weight excluding hydrogens is 136 g/mol. The van der Waals surface area contributed by atoms with Crippen LogP contribution in [0.3, 0.4) is 0 Å². The zero-order chi connectivity index (χ0) is 6.91. The predicted octanol–water partition coefficient (Wildman–Crippen LogP) is 0.931. The summed E-state index contributed by atoms with van der Waals surface area (Å²) in [6, 6.07) is 0. The molecule has 1 rings (SSSR count). The fourth-order valence-electron chi connectivity index (χ4n) is 1.32. The average Bonchev–Trinajstić information content (AvgIpc) is 2.16. The average molecular weight is 148 g/mol. The summed E-state index contributed by atoms with van der Waals surface area (Å²) in [6.45, 7) is 1.84. The fourth-order valence-corrected chi connectivity index (χ4v) is 2.00. The van der Waals surface area contributed by atoms with E-state index in [0.29, 0.717) is 0 Å². The Labute approximate surface area is 57.2 Å². The van der Waals surface area contributed by atoms with Crippen LogP contribution < -0.4 is 0 Å². The van der Waals surface area contributed by atoms with Crippen LogP contribution in [0.2, 0.25) is 0 Å². The van der Waals surface area contributed by atoms with Crippen molar-refractivity contribution < 1.29 is 8.42 Å². The highest BCUT2D eigenvalue weighted by molar-refractivity contribution is 7.74. The quantitative estimate of drug-likeness (QED) is 0.561. The highest BCUT2D eigenvalue weighted by Crippen LogP contribution is 2.31. The summed E-state index contributed by atoms with van der Waals surface area (Å²) in [5, 5.41) is 0. The summed E-state index contributed by atoms with van der Waals surface area (Å²) in [5.74, 6) is 0. The highest BCUT2D eigenvalue weighted by atomic mass is 32.2. The molecule has 0 unspecified atom stereocenters. The third kappa shape index (κ3) is 1.26. The number of thiol groups is 1. The van der Waals surface area contributed by atoms with Crippen molar-refractivity contribution in [3.63, 3.8) is 0 Å². The molecule has 0 spiro atoms. The Morgan fingerprint density at radius 2 is 1.67 bits per heavy atom. The first-order valence-electron chi connectivity index (χ1n) is 3.30. The van der Waals surface area contributed by atoms with Gasteiger partial charge in [-0.15, -0.1) is 0 Å². The number of rotatable bonds is 1. The lowest BCUT2D eigenvalue weighted by molar-refractivity contribution is 0.554. The summed E-state index contributed by atoms with van der Waals surface area (Å²) in [4.78, 5) is 0. The smallest absolute Gasteiger partial charge is 0.145 e. The minimum absolute atomic E-state index is 0.352. The van der Waals surface area contributed by atoms with Gasteiger partial charge >= 0.3 is 0 Å². The number of hydrogen-bond donors (Lipinski definition) is 1. The monoisotopic (exact) mass is 148 g/mol. The minimum Gasteiger partial charge on any atom is -0.231 e. The second-order valence-electron chi connectivity index (χ2n) is 2.96. The van der Waals surface area contributed by atoms with E-state index in [0.717, 1.165) is 25.7 Å². The van der Waals surface area contributed by atoms with E-state index in [4.69, 9.17) is 0 Å². The van der Waals surface area contributed by atoms with Crippen molar-refractivity contribution in [2.24, 2.45) is 0 Å². The topological polar surface area (TPSA) is 34.1 Å². The second-order valence-corrected chi connectivity index (χ2v) is 4.56. The number of hydrogen-bond acceptors (Lipinski definition) is 2. The molecule has 3 heteroatoms. The van der Waals surface area contributed by atoms with E-state index in [9.17, 15) is 8.42 Å². The molecule has 0 aliphatic heterocycles. The van der Waals surface area contributed by atoms with Crippen molar-refractivity contribution in [3.05, 3.63) is 0 Å². The maximum Gasteiger partial charge on any atom is 0.145 e. The van der Waals surface area contributed by atoms with Crippen molar-refractivity contribution in [3.8, 4) is 0 Å². The molecule has 9 heavy (non-hydrogen) atoms. The molecule has 0 bridgehead atoms. The summed E-state index contributed by atoms with van der Waals surface area (Å²) in [7, 11) is -2.18. The van der Waals surface area contributed by atoms with Gasteiger partial charge in [-0.05, 0) is 19.8 Å². The molecular formula is C6H12O2S. The Balaban J connectivity index is 2.73. The summed E-state index contributed by atoms with van der Waals surface area (Å²) < 4.78 is 20.8. The fraction of sp³-hybridized carbons (Fsp3) is 1.00. The van der Waals surface area contributed by atoms with Crippen LogP contribution in [0.15, 0.2) is 0 Å². The van der Waals surface area contributed by atoms with Crippen LogP contribution in [0.4, 0.5) is 0 Å². The molecule has 1 fully saturated rings. The first kappa shape index (κ1) is 7.06. The molecule has 1 aliphatic rings. The molecule has 0 aromatic carbocycles. The Bertz CT molecular complexity index is 158. The van der Waals surface area contributed by atoms with Gasteiger partial charge in [-0.3, -0.25) is 0 Å². The van der Waals surface area contributed by atoms with Crippen molar-refractivity contribution in [2.75, 3.05) is 0 Å².